The summed E-state index contributed by atoms with van der Waals surface area (Å²) in [6.07, 6.45) is -5.67. The molecule has 0 saturated carbocycles. The van der Waals surface area contributed by atoms with Crippen LogP contribution in [0.15, 0.2) is 18.2 Å². The topological polar surface area (TPSA) is 9.23 Å². The molecule has 1 atom stereocenters. The van der Waals surface area contributed by atoms with E-state index in [0.29, 0.717) is 12.2 Å². The van der Waals surface area contributed by atoms with Crippen molar-refractivity contribution < 1.29 is 26.7 Å². The molecule has 1 aliphatic rings. The smallest absolute Gasteiger partial charge is 0.372 e. The molecule has 1 aromatic rings. The van der Waals surface area contributed by atoms with Gasteiger partial charge in [-0.2, -0.15) is 22.0 Å². The molecule has 0 bridgehead atoms. The molecule has 1 nitrogen and oxygen atoms in total. The molecule has 0 fully saturated rings. The molecule has 1 aliphatic heterocycles. The van der Waals surface area contributed by atoms with E-state index in [2.05, 4.69) is 0 Å². The van der Waals surface area contributed by atoms with E-state index in [4.69, 9.17) is 16.3 Å². The van der Waals surface area contributed by atoms with E-state index in [1.54, 1.807) is 0 Å². The van der Waals surface area contributed by atoms with Crippen molar-refractivity contribution in [3.63, 3.8) is 0 Å². The van der Waals surface area contributed by atoms with E-state index >= 15 is 0 Å². The highest BCUT2D eigenvalue weighted by atomic mass is 35.5. The molecule has 0 N–H and O–H groups in total. The number of hydrogen-bond donors (Lipinski definition) is 0. The molecule has 0 radical (unpaired) electrons. The first-order valence-corrected chi connectivity index (χ1v) is 5.45. The van der Waals surface area contributed by atoms with Crippen LogP contribution in [0.2, 0.25) is 0 Å². The first-order chi connectivity index (χ1) is 8.23. The van der Waals surface area contributed by atoms with Crippen molar-refractivity contribution in [2.45, 2.75) is 30.7 Å². The van der Waals surface area contributed by atoms with Gasteiger partial charge in [0.05, 0.1) is 13.2 Å². The van der Waals surface area contributed by atoms with Gasteiger partial charge in [-0.1, -0.05) is 18.2 Å². The number of alkyl halides is 6. The second-order valence-corrected chi connectivity index (χ2v) is 4.44. The fraction of sp³-hybridized carbons (Fsp3) is 0.455. The Kier molecular flexibility index (Phi) is 3.27. The van der Waals surface area contributed by atoms with E-state index in [-0.39, 0.29) is 12.2 Å². The van der Waals surface area contributed by atoms with Crippen LogP contribution in [0.5, 0.6) is 0 Å². The summed E-state index contributed by atoms with van der Waals surface area (Å²) in [7, 11) is 0. The molecule has 0 spiro atoms. The zero-order chi connectivity index (χ0) is 13.6. The van der Waals surface area contributed by atoms with Gasteiger partial charge in [0.25, 0.3) is 0 Å². The summed E-state index contributed by atoms with van der Waals surface area (Å²) in [6.45, 7) is 0.530. The van der Waals surface area contributed by atoms with Crippen molar-refractivity contribution in [3.8, 4) is 0 Å². The van der Waals surface area contributed by atoms with Gasteiger partial charge in [0, 0.05) is 0 Å². The van der Waals surface area contributed by atoms with Gasteiger partial charge in [0.15, 0.2) is 0 Å². The standard InChI is InChI=1S/C11H8ClF5O/c12-9(10(13,14)11(15,16)17)6-1-2-7-4-18-5-8(7)3-6/h1-3,9H,4-5H2. The van der Waals surface area contributed by atoms with Crippen LogP contribution >= 0.6 is 11.6 Å². The second kappa shape index (κ2) is 4.35. The summed E-state index contributed by atoms with van der Waals surface area (Å²) >= 11 is 5.27. The highest BCUT2D eigenvalue weighted by Gasteiger charge is 2.62. The normalized spacial score (nSPS) is 17.7. The minimum atomic E-state index is -5.67. The van der Waals surface area contributed by atoms with Gasteiger partial charge in [-0.05, 0) is 16.7 Å². The number of benzene rings is 1. The molecular weight excluding hydrogens is 279 g/mol. The number of ether oxygens (including phenoxy) is 1. The molecule has 0 aliphatic carbocycles. The first-order valence-electron chi connectivity index (χ1n) is 5.01. The van der Waals surface area contributed by atoms with E-state index in [9.17, 15) is 22.0 Å². The van der Waals surface area contributed by atoms with Gasteiger partial charge in [0.1, 0.15) is 5.38 Å². The quantitative estimate of drug-likeness (QED) is 0.585. The van der Waals surface area contributed by atoms with E-state index < -0.39 is 17.5 Å². The van der Waals surface area contributed by atoms with E-state index in [1.807, 2.05) is 0 Å². The van der Waals surface area contributed by atoms with Gasteiger partial charge in [-0.3, -0.25) is 0 Å². The SMILES string of the molecule is FC(F)(F)C(F)(F)C(Cl)c1ccc2c(c1)COC2. The molecule has 1 aromatic carbocycles. The summed E-state index contributed by atoms with van der Waals surface area (Å²) in [4.78, 5) is 0. The van der Waals surface area contributed by atoms with Crippen molar-refractivity contribution in [2.75, 3.05) is 0 Å². The number of fused-ring (bicyclic) bond motifs is 1. The average Bonchev–Trinajstić information content (AvgIpc) is 2.73. The van der Waals surface area contributed by atoms with Crippen LogP contribution in [0.25, 0.3) is 0 Å². The first kappa shape index (κ1) is 13.5. The predicted octanol–water partition coefficient (Wildman–Crippen LogP) is 4.19. The zero-order valence-electron chi connectivity index (χ0n) is 8.90. The molecule has 0 aromatic heterocycles. The van der Waals surface area contributed by atoms with Gasteiger partial charge < -0.3 is 4.74 Å². The lowest BCUT2D eigenvalue weighted by atomic mass is 10.0. The fourth-order valence-electron chi connectivity index (χ4n) is 1.70. The lowest BCUT2D eigenvalue weighted by Crippen LogP contribution is -2.40. The van der Waals surface area contributed by atoms with E-state index in [0.717, 1.165) is 5.56 Å². The molecule has 0 amide bonds. The summed E-state index contributed by atoms with van der Waals surface area (Å²) in [5.41, 5.74) is 1.11. The number of rotatable bonds is 2. The molecule has 1 unspecified atom stereocenters. The zero-order valence-corrected chi connectivity index (χ0v) is 9.66. The lowest BCUT2D eigenvalue weighted by Gasteiger charge is -2.24. The molecular formula is C11H8ClF5O. The Morgan fingerprint density at radius 3 is 2.28 bits per heavy atom. The monoisotopic (exact) mass is 286 g/mol. The van der Waals surface area contributed by atoms with Gasteiger partial charge in [0.2, 0.25) is 0 Å². The van der Waals surface area contributed by atoms with Gasteiger partial charge >= 0.3 is 12.1 Å². The third kappa shape index (κ3) is 2.19. The van der Waals surface area contributed by atoms with Crippen LogP contribution in [0.4, 0.5) is 22.0 Å². The van der Waals surface area contributed by atoms with Crippen molar-refractivity contribution in [1.29, 1.82) is 0 Å². The van der Waals surface area contributed by atoms with Crippen LogP contribution < -0.4 is 0 Å². The molecule has 18 heavy (non-hydrogen) atoms. The Labute approximate surface area is 104 Å². The van der Waals surface area contributed by atoms with Gasteiger partial charge in [-0.25, -0.2) is 0 Å². The van der Waals surface area contributed by atoms with Crippen molar-refractivity contribution in [1.82, 2.24) is 0 Å². The maximum atomic E-state index is 13.1. The Morgan fingerprint density at radius 1 is 1.06 bits per heavy atom. The Balaban J connectivity index is 2.32. The summed E-state index contributed by atoms with van der Waals surface area (Å²) in [6, 6.07) is 3.87. The number of hydrogen-bond acceptors (Lipinski definition) is 1. The third-order valence-corrected chi connectivity index (χ3v) is 3.26. The Morgan fingerprint density at radius 2 is 1.67 bits per heavy atom. The molecule has 2 rings (SSSR count). The molecule has 0 saturated heterocycles. The van der Waals surface area contributed by atoms with Crippen molar-refractivity contribution in [2.24, 2.45) is 0 Å². The minimum Gasteiger partial charge on any atom is -0.372 e. The lowest BCUT2D eigenvalue weighted by molar-refractivity contribution is -0.283. The molecule has 100 valence electrons. The van der Waals surface area contributed by atoms with Crippen LogP contribution in [0.1, 0.15) is 22.1 Å². The van der Waals surface area contributed by atoms with Crippen LogP contribution in [-0.2, 0) is 18.0 Å². The predicted molar refractivity (Wildman–Crippen MR) is 54.5 cm³/mol. The van der Waals surface area contributed by atoms with Crippen LogP contribution in [-0.4, -0.2) is 12.1 Å². The molecule has 7 heteroatoms. The Bertz CT molecular complexity index is 457. The second-order valence-electron chi connectivity index (χ2n) is 4.00. The maximum absolute atomic E-state index is 13.1. The summed E-state index contributed by atoms with van der Waals surface area (Å²) in [5, 5.41) is -2.44. The highest BCUT2D eigenvalue weighted by Crippen LogP contribution is 2.48. The van der Waals surface area contributed by atoms with Crippen LogP contribution in [0, 0.1) is 0 Å². The maximum Gasteiger partial charge on any atom is 0.455 e. The number of halogens is 6. The van der Waals surface area contributed by atoms with Crippen LogP contribution in [0.3, 0.4) is 0 Å². The minimum absolute atomic E-state index is 0.199. The Hall–Kier alpha value is -0.880. The fourth-order valence-corrected chi connectivity index (χ4v) is 1.96. The van der Waals surface area contributed by atoms with Crippen molar-refractivity contribution >= 4 is 11.6 Å². The summed E-state index contributed by atoms with van der Waals surface area (Å²) in [5.74, 6) is -4.97. The average molecular weight is 287 g/mol. The summed E-state index contributed by atoms with van der Waals surface area (Å²) < 4.78 is 67.7. The van der Waals surface area contributed by atoms with Crippen molar-refractivity contribution in [3.05, 3.63) is 34.9 Å². The molecule has 1 heterocycles. The highest BCUT2D eigenvalue weighted by molar-refractivity contribution is 6.21. The van der Waals surface area contributed by atoms with E-state index in [1.165, 1.54) is 18.2 Å². The van der Waals surface area contributed by atoms with Gasteiger partial charge in [-0.15, -0.1) is 11.6 Å². The largest absolute Gasteiger partial charge is 0.455 e. The third-order valence-electron chi connectivity index (χ3n) is 2.73.